The Morgan fingerprint density at radius 1 is 0.276 bits per heavy atom. The molecule has 516 valence electrons. The van der Waals surface area contributed by atoms with Crippen molar-refractivity contribution in [2.24, 2.45) is 0 Å². The van der Waals surface area contributed by atoms with Crippen molar-refractivity contribution in [3.8, 4) is 0 Å². The predicted octanol–water partition coefficient (Wildman–Crippen LogP) is 19.5. The number of rotatable bonds is 69. The number of hydrogen-bond acceptors (Lipinski definition) is 15. The highest BCUT2D eigenvalue weighted by Crippen LogP contribution is 2.45. The highest BCUT2D eigenvalue weighted by molar-refractivity contribution is 7.47. The number of esters is 4. The van der Waals surface area contributed by atoms with Gasteiger partial charge in [0.2, 0.25) is 0 Å². The van der Waals surface area contributed by atoms with E-state index in [4.69, 9.17) is 37.0 Å². The summed E-state index contributed by atoms with van der Waals surface area (Å²) in [6.45, 7) is 4.87. The fourth-order valence-corrected chi connectivity index (χ4v) is 11.9. The lowest BCUT2D eigenvalue weighted by Gasteiger charge is -2.21. The number of carbonyl (C=O) groups excluding carboxylic acids is 4. The Hall–Kier alpha value is -1.94. The molecular weight excluding hydrogens is 1150 g/mol. The zero-order chi connectivity index (χ0) is 64.0. The number of carbonyl (C=O) groups is 4. The second-order valence-corrected chi connectivity index (χ2v) is 27.5. The molecule has 17 nitrogen and oxygen atoms in total. The summed E-state index contributed by atoms with van der Waals surface area (Å²) in [5.74, 6) is -2.13. The van der Waals surface area contributed by atoms with E-state index in [0.29, 0.717) is 25.7 Å². The SMILES string of the molecule is CCCCCCCCCCCCCCCCCCCCCC(=O)O[C@H](COC(=O)CCCCCCCCCCCCCC)COP(=O)(O)OC[C@@H](O)COP(=O)(O)OC[C@@H](COC(=O)CCCCCCCCC)OC(=O)CCCCCCCCCCC. The van der Waals surface area contributed by atoms with Gasteiger partial charge in [0.05, 0.1) is 26.4 Å². The molecule has 0 rings (SSSR count). The molecule has 3 N–H and O–H groups in total. The molecule has 0 aliphatic carbocycles. The van der Waals surface area contributed by atoms with Crippen LogP contribution >= 0.6 is 15.6 Å². The molecule has 19 heteroatoms. The molecule has 0 aliphatic heterocycles. The molecule has 2 unspecified atom stereocenters. The van der Waals surface area contributed by atoms with Crippen LogP contribution in [0.3, 0.4) is 0 Å². The Bertz CT molecular complexity index is 1670. The van der Waals surface area contributed by atoms with Crippen molar-refractivity contribution in [2.75, 3.05) is 39.6 Å². The van der Waals surface area contributed by atoms with E-state index in [1.54, 1.807) is 0 Å². The number of ether oxygens (including phenoxy) is 4. The maximum absolute atomic E-state index is 13.0. The average Bonchev–Trinajstić information content (AvgIpc) is 3.71. The standard InChI is InChI=1S/C68H132O17P2/c1-5-9-13-17-21-24-26-28-29-30-31-32-33-34-36-39-43-47-51-55-68(73)85-64(59-79-66(71)53-49-45-41-38-35-27-25-22-18-14-10-6-2)61-83-87(76,77)81-57-62(69)56-80-86(74,75)82-60-63(58-78-65(70)52-48-44-40-20-16-12-8-4)84-67(72)54-50-46-42-37-23-19-15-11-7-3/h62-64,69H,5-61H2,1-4H3,(H,74,75)(H,76,77)/t62-,63+,64+/m0/s1. The van der Waals surface area contributed by atoms with Crippen LogP contribution in [0.5, 0.6) is 0 Å². The Balaban J connectivity index is 5.15. The van der Waals surface area contributed by atoms with Gasteiger partial charge < -0.3 is 33.8 Å². The molecule has 0 saturated heterocycles. The smallest absolute Gasteiger partial charge is 0.462 e. The molecule has 5 atom stereocenters. The third kappa shape index (κ3) is 62.6. The minimum atomic E-state index is -4.95. The summed E-state index contributed by atoms with van der Waals surface area (Å²) in [6, 6.07) is 0. The quantitative estimate of drug-likeness (QED) is 0.0222. The van der Waals surface area contributed by atoms with Gasteiger partial charge in [0, 0.05) is 25.7 Å². The topological polar surface area (TPSA) is 237 Å². The molecule has 0 aromatic rings. The van der Waals surface area contributed by atoms with Crippen LogP contribution < -0.4 is 0 Å². The molecular formula is C68H132O17P2. The molecule has 0 bridgehead atoms. The summed E-state index contributed by atoms with van der Waals surface area (Å²) in [5.41, 5.74) is 0. The molecule has 0 heterocycles. The second kappa shape index (κ2) is 62.8. The Labute approximate surface area is 530 Å². The Morgan fingerprint density at radius 3 is 0.678 bits per heavy atom. The Kier molecular flexibility index (Phi) is 61.4. The molecule has 0 amide bonds. The highest BCUT2D eigenvalue weighted by atomic mass is 31.2. The Morgan fingerprint density at radius 2 is 0.460 bits per heavy atom. The molecule has 0 aromatic heterocycles. The molecule has 87 heavy (non-hydrogen) atoms. The van der Waals surface area contributed by atoms with Crippen LogP contribution in [0, 0.1) is 0 Å². The third-order valence-electron chi connectivity index (χ3n) is 15.9. The lowest BCUT2D eigenvalue weighted by molar-refractivity contribution is -0.161. The van der Waals surface area contributed by atoms with E-state index in [1.807, 2.05) is 0 Å². The van der Waals surface area contributed by atoms with Gasteiger partial charge in [-0.3, -0.25) is 37.3 Å². The summed E-state index contributed by atoms with van der Waals surface area (Å²) in [5, 5.41) is 10.5. The average molecular weight is 1280 g/mol. The van der Waals surface area contributed by atoms with Crippen molar-refractivity contribution in [3.63, 3.8) is 0 Å². The van der Waals surface area contributed by atoms with Crippen LogP contribution in [0.2, 0.25) is 0 Å². The maximum atomic E-state index is 13.0. The normalized spacial score (nSPS) is 14.1. The predicted molar refractivity (Wildman–Crippen MR) is 349 cm³/mol. The summed E-state index contributed by atoms with van der Waals surface area (Å²) in [6.07, 6.45) is 50.1. The van der Waals surface area contributed by atoms with E-state index in [1.165, 1.54) is 173 Å². The fourth-order valence-electron chi connectivity index (χ4n) is 10.3. The first-order chi connectivity index (χ1) is 42.2. The van der Waals surface area contributed by atoms with Crippen LogP contribution in [0.15, 0.2) is 0 Å². The number of phosphoric acid groups is 2. The zero-order valence-corrected chi connectivity index (χ0v) is 57.8. The van der Waals surface area contributed by atoms with E-state index >= 15 is 0 Å². The van der Waals surface area contributed by atoms with Crippen LogP contribution in [0.25, 0.3) is 0 Å². The molecule has 0 fully saturated rings. The summed E-state index contributed by atoms with van der Waals surface area (Å²) in [4.78, 5) is 72.2. The van der Waals surface area contributed by atoms with E-state index < -0.39 is 97.5 Å². The van der Waals surface area contributed by atoms with Crippen molar-refractivity contribution >= 4 is 39.5 Å². The van der Waals surface area contributed by atoms with E-state index in [2.05, 4.69) is 27.7 Å². The summed E-state index contributed by atoms with van der Waals surface area (Å²) >= 11 is 0. The van der Waals surface area contributed by atoms with Gasteiger partial charge in [0.1, 0.15) is 19.3 Å². The van der Waals surface area contributed by atoms with Crippen molar-refractivity contribution in [1.29, 1.82) is 0 Å². The summed E-state index contributed by atoms with van der Waals surface area (Å²) < 4.78 is 68.0. The number of hydrogen-bond donors (Lipinski definition) is 3. The number of unbranched alkanes of at least 4 members (excludes halogenated alkanes) is 43. The first-order valence-corrected chi connectivity index (χ1v) is 38.8. The molecule has 0 aliphatic rings. The van der Waals surface area contributed by atoms with Crippen LogP contribution in [-0.4, -0.2) is 96.7 Å². The highest BCUT2D eigenvalue weighted by Gasteiger charge is 2.30. The first kappa shape index (κ1) is 85.1. The van der Waals surface area contributed by atoms with Gasteiger partial charge in [0.25, 0.3) is 0 Å². The van der Waals surface area contributed by atoms with E-state index in [9.17, 15) is 43.2 Å². The largest absolute Gasteiger partial charge is 0.472 e. The van der Waals surface area contributed by atoms with Gasteiger partial charge >= 0.3 is 39.5 Å². The fraction of sp³-hybridized carbons (Fsp3) is 0.941. The van der Waals surface area contributed by atoms with Crippen molar-refractivity contribution < 1.29 is 80.2 Å². The van der Waals surface area contributed by atoms with Gasteiger partial charge in [-0.15, -0.1) is 0 Å². The van der Waals surface area contributed by atoms with Crippen LogP contribution in [-0.2, 0) is 65.4 Å². The minimum Gasteiger partial charge on any atom is -0.462 e. The summed E-state index contributed by atoms with van der Waals surface area (Å²) in [7, 11) is -9.88. The van der Waals surface area contributed by atoms with Gasteiger partial charge in [-0.25, -0.2) is 9.13 Å². The molecule has 0 spiro atoms. The zero-order valence-electron chi connectivity index (χ0n) is 56.0. The molecule has 0 aromatic carbocycles. The number of phosphoric ester groups is 2. The van der Waals surface area contributed by atoms with Crippen molar-refractivity contribution in [1.82, 2.24) is 0 Å². The third-order valence-corrected chi connectivity index (χ3v) is 17.8. The number of aliphatic hydroxyl groups is 1. The minimum absolute atomic E-state index is 0.106. The maximum Gasteiger partial charge on any atom is 0.472 e. The van der Waals surface area contributed by atoms with Gasteiger partial charge in [0.15, 0.2) is 12.2 Å². The lowest BCUT2D eigenvalue weighted by atomic mass is 10.0. The number of aliphatic hydroxyl groups excluding tert-OH is 1. The second-order valence-electron chi connectivity index (χ2n) is 24.6. The molecule has 0 saturated carbocycles. The van der Waals surface area contributed by atoms with Gasteiger partial charge in [-0.1, -0.05) is 304 Å². The van der Waals surface area contributed by atoms with Crippen molar-refractivity contribution in [3.05, 3.63) is 0 Å². The molecule has 0 radical (unpaired) electrons. The first-order valence-electron chi connectivity index (χ1n) is 35.8. The van der Waals surface area contributed by atoms with Crippen molar-refractivity contribution in [2.45, 2.75) is 373 Å². The van der Waals surface area contributed by atoms with Gasteiger partial charge in [-0.2, -0.15) is 0 Å². The monoisotopic (exact) mass is 1280 g/mol. The van der Waals surface area contributed by atoms with Crippen LogP contribution in [0.4, 0.5) is 0 Å². The van der Waals surface area contributed by atoms with E-state index in [0.717, 1.165) is 103 Å². The van der Waals surface area contributed by atoms with E-state index in [-0.39, 0.29) is 25.7 Å². The lowest BCUT2D eigenvalue weighted by Crippen LogP contribution is -2.30. The van der Waals surface area contributed by atoms with Crippen LogP contribution in [0.1, 0.15) is 355 Å². The van der Waals surface area contributed by atoms with Gasteiger partial charge in [-0.05, 0) is 25.7 Å².